The third-order valence-corrected chi connectivity index (χ3v) is 3.99. The molecule has 4 heteroatoms. The van der Waals surface area contributed by atoms with Gasteiger partial charge in [-0.2, -0.15) is 5.10 Å². The molecule has 1 fully saturated rings. The van der Waals surface area contributed by atoms with E-state index in [0.29, 0.717) is 5.92 Å². The normalized spacial score (nSPS) is 24.5. The predicted molar refractivity (Wildman–Crippen MR) is 67.0 cm³/mol. The van der Waals surface area contributed by atoms with Gasteiger partial charge >= 0.3 is 0 Å². The first-order valence-corrected chi connectivity index (χ1v) is 6.39. The van der Waals surface area contributed by atoms with Crippen molar-refractivity contribution in [3.63, 3.8) is 0 Å². The van der Waals surface area contributed by atoms with Crippen LogP contribution in [0.3, 0.4) is 0 Å². The molecule has 17 heavy (non-hydrogen) atoms. The molecule has 0 radical (unpaired) electrons. The first-order chi connectivity index (χ1) is 8.12. The van der Waals surface area contributed by atoms with Gasteiger partial charge in [-0.1, -0.05) is 13.8 Å². The van der Waals surface area contributed by atoms with E-state index in [1.165, 1.54) is 0 Å². The van der Waals surface area contributed by atoms with Crippen molar-refractivity contribution in [3.8, 4) is 0 Å². The van der Waals surface area contributed by atoms with Gasteiger partial charge in [-0.25, -0.2) is 0 Å². The summed E-state index contributed by atoms with van der Waals surface area (Å²) in [5, 5.41) is 7.52. The zero-order valence-electron chi connectivity index (χ0n) is 10.9. The molecule has 0 saturated carbocycles. The highest BCUT2D eigenvalue weighted by molar-refractivity contribution is 5.99. The third kappa shape index (κ3) is 1.90. The summed E-state index contributed by atoms with van der Waals surface area (Å²) < 4.78 is 1.80. The van der Waals surface area contributed by atoms with Gasteiger partial charge in [0.15, 0.2) is 5.78 Å². The van der Waals surface area contributed by atoms with Gasteiger partial charge in [0.2, 0.25) is 0 Å². The molecule has 0 bridgehead atoms. The minimum atomic E-state index is -0.243. The Kier molecular flexibility index (Phi) is 3.33. The molecule has 2 heterocycles. The quantitative estimate of drug-likeness (QED) is 0.808. The number of aromatic nitrogens is 2. The molecule has 2 rings (SSSR count). The van der Waals surface area contributed by atoms with E-state index in [0.717, 1.165) is 31.7 Å². The van der Waals surface area contributed by atoms with Crippen molar-refractivity contribution in [1.82, 2.24) is 15.1 Å². The highest BCUT2D eigenvalue weighted by Crippen LogP contribution is 2.37. The predicted octanol–water partition coefficient (Wildman–Crippen LogP) is 1.72. The summed E-state index contributed by atoms with van der Waals surface area (Å²) in [5.74, 6) is 0.599. The molecular formula is C13H21N3O. The molecule has 0 aliphatic carbocycles. The summed E-state index contributed by atoms with van der Waals surface area (Å²) in [6.45, 7) is 8.76. The van der Waals surface area contributed by atoms with Crippen molar-refractivity contribution in [3.05, 3.63) is 18.0 Å². The SMILES string of the molecule is CCn1nccc1C(=O)C1(C(C)C)CCNC1. The molecule has 1 atom stereocenters. The molecule has 1 N–H and O–H groups in total. The van der Waals surface area contributed by atoms with Crippen LogP contribution in [0.1, 0.15) is 37.7 Å². The van der Waals surface area contributed by atoms with E-state index in [9.17, 15) is 4.79 Å². The van der Waals surface area contributed by atoms with Crippen molar-refractivity contribution in [2.24, 2.45) is 11.3 Å². The minimum Gasteiger partial charge on any atom is -0.316 e. The Labute approximate surface area is 102 Å². The molecule has 0 aromatic carbocycles. The molecule has 1 aromatic rings. The second-order valence-electron chi connectivity index (χ2n) is 5.10. The molecule has 4 nitrogen and oxygen atoms in total. The Morgan fingerprint density at radius 2 is 2.41 bits per heavy atom. The number of hydrogen-bond donors (Lipinski definition) is 1. The lowest BCUT2D eigenvalue weighted by Gasteiger charge is -2.30. The lowest BCUT2D eigenvalue weighted by molar-refractivity contribution is 0.0727. The van der Waals surface area contributed by atoms with Crippen LogP contribution in [0.25, 0.3) is 0 Å². The molecule has 0 amide bonds. The Balaban J connectivity index is 2.35. The first kappa shape index (κ1) is 12.3. The van der Waals surface area contributed by atoms with Crippen molar-refractivity contribution in [2.45, 2.75) is 33.7 Å². The van der Waals surface area contributed by atoms with Crippen LogP contribution in [-0.2, 0) is 6.54 Å². The van der Waals surface area contributed by atoms with Crippen LogP contribution in [0.5, 0.6) is 0 Å². The number of rotatable bonds is 4. The van der Waals surface area contributed by atoms with Crippen LogP contribution in [-0.4, -0.2) is 28.7 Å². The van der Waals surface area contributed by atoms with E-state index in [-0.39, 0.29) is 11.2 Å². The Hall–Kier alpha value is -1.16. The van der Waals surface area contributed by atoms with Gasteiger partial charge in [-0.05, 0) is 31.9 Å². The molecule has 1 saturated heterocycles. The van der Waals surface area contributed by atoms with Gasteiger partial charge in [0.1, 0.15) is 5.69 Å². The highest BCUT2D eigenvalue weighted by atomic mass is 16.1. The van der Waals surface area contributed by atoms with Gasteiger partial charge in [-0.15, -0.1) is 0 Å². The van der Waals surface area contributed by atoms with Crippen LogP contribution >= 0.6 is 0 Å². The fraction of sp³-hybridized carbons (Fsp3) is 0.692. The summed E-state index contributed by atoms with van der Waals surface area (Å²) in [5.41, 5.74) is 0.511. The minimum absolute atomic E-state index is 0.243. The summed E-state index contributed by atoms with van der Waals surface area (Å²) >= 11 is 0. The topological polar surface area (TPSA) is 46.9 Å². The maximum absolute atomic E-state index is 12.8. The highest BCUT2D eigenvalue weighted by Gasteiger charge is 2.44. The average molecular weight is 235 g/mol. The van der Waals surface area contributed by atoms with E-state index in [2.05, 4.69) is 24.3 Å². The summed E-state index contributed by atoms with van der Waals surface area (Å²) in [6.07, 6.45) is 2.64. The Morgan fingerprint density at radius 1 is 1.65 bits per heavy atom. The van der Waals surface area contributed by atoms with E-state index in [1.807, 2.05) is 13.0 Å². The fourth-order valence-corrected chi connectivity index (χ4v) is 2.69. The molecule has 94 valence electrons. The fourth-order valence-electron chi connectivity index (χ4n) is 2.69. The first-order valence-electron chi connectivity index (χ1n) is 6.39. The van der Waals surface area contributed by atoms with Crippen LogP contribution < -0.4 is 5.32 Å². The largest absolute Gasteiger partial charge is 0.316 e. The summed E-state index contributed by atoms with van der Waals surface area (Å²) in [4.78, 5) is 12.8. The maximum Gasteiger partial charge on any atom is 0.188 e. The number of ketones is 1. The van der Waals surface area contributed by atoms with Crippen molar-refractivity contribution >= 4 is 5.78 Å². The number of nitrogens with one attached hydrogen (secondary N) is 1. The monoisotopic (exact) mass is 235 g/mol. The number of Topliss-reactive ketones (excluding diaryl/α,β-unsaturated/α-hetero) is 1. The maximum atomic E-state index is 12.8. The average Bonchev–Trinajstić information content (AvgIpc) is 2.97. The number of carbonyl (C=O) groups excluding carboxylic acids is 1. The standard InChI is InChI=1S/C13H21N3O/c1-4-16-11(5-7-15-16)12(17)13(10(2)3)6-8-14-9-13/h5,7,10,14H,4,6,8-9H2,1-3H3. The van der Waals surface area contributed by atoms with Gasteiger partial charge in [0.05, 0.1) is 5.41 Å². The van der Waals surface area contributed by atoms with E-state index in [1.54, 1.807) is 10.9 Å². The number of carbonyl (C=O) groups is 1. The summed E-state index contributed by atoms with van der Waals surface area (Å²) in [6, 6.07) is 1.84. The van der Waals surface area contributed by atoms with Gasteiger partial charge in [0, 0.05) is 19.3 Å². The van der Waals surface area contributed by atoms with E-state index < -0.39 is 0 Å². The van der Waals surface area contributed by atoms with Gasteiger partial charge < -0.3 is 5.32 Å². The van der Waals surface area contributed by atoms with E-state index in [4.69, 9.17) is 0 Å². The Bertz CT molecular complexity index is 403. The number of nitrogens with zero attached hydrogens (tertiary/aromatic N) is 2. The van der Waals surface area contributed by atoms with E-state index >= 15 is 0 Å². The van der Waals surface area contributed by atoms with Gasteiger partial charge in [0.25, 0.3) is 0 Å². The number of hydrogen-bond acceptors (Lipinski definition) is 3. The Morgan fingerprint density at radius 3 is 2.94 bits per heavy atom. The third-order valence-electron chi connectivity index (χ3n) is 3.99. The second-order valence-corrected chi connectivity index (χ2v) is 5.10. The van der Waals surface area contributed by atoms with Crippen LogP contribution in [0.2, 0.25) is 0 Å². The molecular weight excluding hydrogens is 214 g/mol. The second kappa shape index (κ2) is 4.61. The summed E-state index contributed by atoms with van der Waals surface area (Å²) in [7, 11) is 0. The van der Waals surface area contributed by atoms with Crippen molar-refractivity contribution < 1.29 is 4.79 Å². The van der Waals surface area contributed by atoms with Crippen LogP contribution in [0, 0.1) is 11.3 Å². The lowest BCUT2D eigenvalue weighted by atomic mass is 9.72. The molecule has 1 aromatic heterocycles. The van der Waals surface area contributed by atoms with Crippen molar-refractivity contribution in [2.75, 3.05) is 13.1 Å². The van der Waals surface area contributed by atoms with Crippen LogP contribution in [0.15, 0.2) is 12.3 Å². The van der Waals surface area contributed by atoms with Gasteiger partial charge in [-0.3, -0.25) is 9.48 Å². The lowest BCUT2D eigenvalue weighted by Crippen LogP contribution is -2.39. The molecule has 1 aliphatic heterocycles. The molecule has 1 unspecified atom stereocenters. The number of aryl methyl sites for hydroxylation is 1. The smallest absolute Gasteiger partial charge is 0.188 e. The molecule has 1 aliphatic rings. The van der Waals surface area contributed by atoms with Crippen molar-refractivity contribution in [1.29, 1.82) is 0 Å². The molecule has 0 spiro atoms. The van der Waals surface area contributed by atoms with Crippen LogP contribution in [0.4, 0.5) is 0 Å². The zero-order valence-corrected chi connectivity index (χ0v) is 10.9. The zero-order chi connectivity index (χ0) is 12.5.